The zero-order valence-corrected chi connectivity index (χ0v) is 36.7. The van der Waals surface area contributed by atoms with E-state index in [-0.39, 0.29) is 49.4 Å². The van der Waals surface area contributed by atoms with E-state index in [2.05, 4.69) is 88.2 Å². The minimum absolute atomic E-state index is 0.0124. The van der Waals surface area contributed by atoms with Crippen LogP contribution in [0.1, 0.15) is 43.9 Å². The second-order valence-electron chi connectivity index (χ2n) is 16.0. The van der Waals surface area contributed by atoms with E-state index in [9.17, 15) is 28.8 Å². The predicted octanol–water partition coefficient (Wildman–Crippen LogP) is 6.79. The van der Waals surface area contributed by atoms with Crippen LogP contribution < -0.4 is 15.6 Å². The van der Waals surface area contributed by atoms with E-state index in [4.69, 9.17) is 14.2 Å². The first-order valence-electron chi connectivity index (χ1n) is 18.1. The molecule has 0 radical (unpaired) electrons. The van der Waals surface area contributed by atoms with E-state index >= 15 is 0 Å². The second kappa shape index (κ2) is 20.6. The topological polar surface area (TPSA) is 185 Å². The summed E-state index contributed by atoms with van der Waals surface area (Å²) in [7, 11) is -4.79. The van der Waals surface area contributed by atoms with Crippen LogP contribution in [0.5, 0.6) is 0 Å². The summed E-state index contributed by atoms with van der Waals surface area (Å²) in [6, 6.07) is 20.3. The Kier molecular flexibility index (Phi) is 16.6. The molecule has 0 spiro atoms. The van der Waals surface area contributed by atoms with Gasteiger partial charge in [0.25, 0.3) is 0 Å². The van der Waals surface area contributed by atoms with Crippen LogP contribution in [0.4, 0.5) is 14.4 Å². The lowest BCUT2D eigenvalue weighted by Crippen LogP contribution is -2.37. The maximum atomic E-state index is 12.4. The van der Waals surface area contributed by atoms with Gasteiger partial charge in [0.2, 0.25) is 0 Å². The minimum atomic E-state index is -1.60. The Morgan fingerprint density at radius 2 is 0.667 bits per heavy atom. The lowest BCUT2D eigenvalue weighted by Gasteiger charge is -2.17. The summed E-state index contributed by atoms with van der Waals surface area (Å²) in [6.45, 7) is 18.4. The quantitative estimate of drug-likeness (QED) is 0.0542. The Morgan fingerprint density at radius 1 is 0.404 bits per heavy atom. The lowest BCUT2D eigenvalue weighted by molar-refractivity contribution is -0.206. The van der Waals surface area contributed by atoms with Crippen LogP contribution in [0.15, 0.2) is 72.8 Å². The SMILES string of the molecule is C[Si](C)(C)c1ccc(C(=O)OOC(=O)OCCC(CCOC(=O)OOC(=O)c2ccc([Si](C)(C)C)cc2)COC(=O)OOC(=O)c2ccc([Si](C)(C)C)cc2)cc1. The summed E-state index contributed by atoms with van der Waals surface area (Å²) in [6.07, 6.45) is -3.95. The first-order valence-corrected chi connectivity index (χ1v) is 28.6. The van der Waals surface area contributed by atoms with Gasteiger partial charge in [-0.25, -0.2) is 43.7 Å². The molecule has 0 saturated heterocycles. The minimum Gasteiger partial charge on any atom is -0.432 e. The van der Waals surface area contributed by atoms with Crippen LogP contribution >= 0.6 is 0 Å². The van der Waals surface area contributed by atoms with Crippen molar-refractivity contribution >= 4 is 76.2 Å². The molecule has 0 aliphatic heterocycles. The van der Waals surface area contributed by atoms with E-state index in [1.165, 1.54) is 0 Å². The fraction of sp³-hybridized carbons (Fsp3) is 0.385. The molecular formula is C39H50O15Si3. The predicted molar refractivity (Wildman–Crippen MR) is 215 cm³/mol. The van der Waals surface area contributed by atoms with Crippen molar-refractivity contribution < 1.29 is 72.3 Å². The molecule has 0 bridgehead atoms. The van der Waals surface area contributed by atoms with Gasteiger partial charge in [0.1, 0.15) is 0 Å². The molecule has 0 fully saturated rings. The van der Waals surface area contributed by atoms with Crippen LogP contribution in [0.25, 0.3) is 0 Å². The zero-order valence-electron chi connectivity index (χ0n) is 33.7. The lowest BCUT2D eigenvalue weighted by atomic mass is 10.0. The third kappa shape index (κ3) is 15.9. The molecule has 15 nitrogen and oxygen atoms in total. The fourth-order valence-corrected chi connectivity index (χ4v) is 8.37. The van der Waals surface area contributed by atoms with Gasteiger partial charge in [-0.1, -0.05) is 111 Å². The number of carbonyl (C=O) groups excluding carboxylic acids is 6. The molecule has 0 N–H and O–H groups in total. The maximum absolute atomic E-state index is 12.4. The van der Waals surface area contributed by atoms with Gasteiger partial charge in [-0.15, -0.1) is 0 Å². The first-order chi connectivity index (χ1) is 26.6. The van der Waals surface area contributed by atoms with Crippen molar-refractivity contribution in [2.75, 3.05) is 19.8 Å². The Morgan fingerprint density at radius 3 is 0.930 bits per heavy atom. The van der Waals surface area contributed by atoms with Crippen LogP contribution in [0, 0.1) is 5.92 Å². The summed E-state index contributed by atoms with van der Waals surface area (Å²) < 4.78 is 15.0. The largest absolute Gasteiger partial charge is 0.549 e. The summed E-state index contributed by atoms with van der Waals surface area (Å²) in [5.74, 6) is -3.38. The molecule has 0 saturated carbocycles. The number of benzene rings is 3. The molecule has 0 atom stereocenters. The summed E-state index contributed by atoms with van der Waals surface area (Å²) >= 11 is 0. The van der Waals surface area contributed by atoms with Crippen molar-refractivity contribution in [1.82, 2.24) is 0 Å². The average molecular weight is 843 g/mol. The van der Waals surface area contributed by atoms with Crippen molar-refractivity contribution in [2.45, 2.75) is 71.8 Å². The summed E-state index contributed by atoms with van der Waals surface area (Å²) in [5, 5.41) is 3.37. The van der Waals surface area contributed by atoms with Gasteiger partial charge in [-0.3, -0.25) is 0 Å². The van der Waals surface area contributed by atoms with Gasteiger partial charge in [-0.05, 0) is 55.2 Å². The molecule has 0 heterocycles. The highest BCUT2D eigenvalue weighted by molar-refractivity contribution is 6.89. The van der Waals surface area contributed by atoms with Gasteiger partial charge >= 0.3 is 36.4 Å². The van der Waals surface area contributed by atoms with Crippen LogP contribution in [0.2, 0.25) is 58.9 Å². The van der Waals surface area contributed by atoms with Crippen molar-refractivity contribution in [3.05, 3.63) is 89.5 Å². The van der Waals surface area contributed by atoms with Crippen LogP contribution in [-0.4, -0.2) is 80.4 Å². The van der Waals surface area contributed by atoms with E-state index in [0.717, 1.165) is 15.6 Å². The Balaban J connectivity index is 1.49. The number of ether oxygens (including phenoxy) is 3. The van der Waals surface area contributed by atoms with Gasteiger partial charge in [-0.2, -0.15) is 14.4 Å². The first kappa shape index (κ1) is 45.9. The molecule has 0 aliphatic rings. The monoisotopic (exact) mass is 842 g/mol. The third-order valence-electron chi connectivity index (χ3n) is 8.44. The molecule has 3 rings (SSSR count). The van der Waals surface area contributed by atoms with Gasteiger partial charge in [0.15, 0.2) is 0 Å². The van der Waals surface area contributed by atoms with E-state index in [1.54, 1.807) is 36.4 Å². The normalized spacial score (nSPS) is 11.5. The highest BCUT2D eigenvalue weighted by atomic mass is 28.3. The van der Waals surface area contributed by atoms with Crippen LogP contribution in [-0.2, 0) is 43.5 Å². The van der Waals surface area contributed by atoms with Gasteiger partial charge in [0.05, 0.1) is 60.7 Å². The van der Waals surface area contributed by atoms with Crippen molar-refractivity contribution in [1.29, 1.82) is 0 Å². The van der Waals surface area contributed by atoms with E-state index in [1.807, 2.05) is 36.4 Å². The average Bonchev–Trinajstić information content (AvgIpc) is 3.16. The Hall–Kier alpha value is -5.47. The van der Waals surface area contributed by atoms with Crippen molar-refractivity contribution in [2.24, 2.45) is 5.92 Å². The molecule has 0 unspecified atom stereocenters. The second-order valence-corrected chi connectivity index (χ2v) is 31.3. The number of carbonyl (C=O) groups is 6. The van der Waals surface area contributed by atoms with E-state index in [0.29, 0.717) is 0 Å². The number of rotatable bonds is 14. The maximum Gasteiger partial charge on any atom is 0.549 e. The molecule has 57 heavy (non-hydrogen) atoms. The summed E-state index contributed by atoms with van der Waals surface area (Å²) in [5.41, 5.74) is 0.500. The van der Waals surface area contributed by atoms with Gasteiger partial charge < -0.3 is 14.2 Å². The van der Waals surface area contributed by atoms with Gasteiger partial charge in [0, 0.05) is 0 Å². The van der Waals surface area contributed by atoms with Crippen molar-refractivity contribution in [3.63, 3.8) is 0 Å². The number of hydrogen-bond acceptors (Lipinski definition) is 15. The molecular weight excluding hydrogens is 793 g/mol. The molecule has 0 aliphatic carbocycles. The van der Waals surface area contributed by atoms with Crippen LogP contribution in [0.3, 0.4) is 0 Å². The smallest absolute Gasteiger partial charge is 0.432 e. The molecule has 0 aromatic heterocycles. The highest BCUT2D eigenvalue weighted by Crippen LogP contribution is 2.14. The Bertz CT molecular complexity index is 1750. The van der Waals surface area contributed by atoms with E-state index < -0.39 is 66.5 Å². The third-order valence-corrected chi connectivity index (χ3v) is 14.6. The molecule has 3 aromatic rings. The molecule has 18 heteroatoms. The summed E-state index contributed by atoms with van der Waals surface area (Å²) in [4.78, 5) is 101. The molecule has 308 valence electrons. The fourth-order valence-electron chi connectivity index (χ4n) is 4.87. The molecule has 3 aromatic carbocycles. The zero-order chi connectivity index (χ0) is 42.4. The van der Waals surface area contributed by atoms with Crippen molar-refractivity contribution in [3.8, 4) is 0 Å². The Labute approximate surface area is 334 Å². The number of hydrogen-bond donors (Lipinski definition) is 0. The molecule has 0 amide bonds. The standard InChI is InChI=1S/C39H50O15Si3/c1-55(2,3)31-16-10-28(11-17-31)34(40)49-52-37(43)46-24-22-27(26-48-39(45)54-51-36(42)30-14-20-33(21-15-30)57(7,8)9)23-25-47-38(44)53-50-35(41)29-12-18-32(19-13-29)56(4,5)6/h10-21,27H,22-26H2,1-9H3. The highest BCUT2D eigenvalue weighted by Gasteiger charge is 2.23.